The number of aromatic amines is 1. The van der Waals surface area contributed by atoms with Gasteiger partial charge in [-0.15, -0.1) is 0 Å². The van der Waals surface area contributed by atoms with E-state index >= 15 is 0 Å². The van der Waals surface area contributed by atoms with Crippen LogP contribution in [0.25, 0.3) is 22.0 Å². The van der Waals surface area contributed by atoms with Gasteiger partial charge in [-0.2, -0.15) is 24.9 Å². The normalized spacial score (nSPS) is 13.7. The first-order chi connectivity index (χ1) is 10.8. The van der Waals surface area contributed by atoms with Crippen molar-refractivity contribution in [2.24, 2.45) is 0 Å². The fraction of sp³-hybridized carbons (Fsp3) is 0.0769. The maximum Gasteiger partial charge on any atom is 0.383 e. The molecule has 3 rings (SSSR count). The molecule has 10 heteroatoms. The van der Waals surface area contributed by atoms with Crippen molar-refractivity contribution in [2.45, 2.75) is 5.16 Å². The van der Waals surface area contributed by atoms with Crippen LogP contribution in [-0.2, 0) is 14.4 Å². The van der Waals surface area contributed by atoms with Crippen molar-refractivity contribution in [3.8, 4) is 17.2 Å². The largest absolute Gasteiger partial charge is 0.383 e. The Morgan fingerprint density at radius 3 is 2.83 bits per heavy atom. The maximum atomic E-state index is 11.7. The Bertz CT molecular complexity index is 1020. The lowest BCUT2D eigenvalue weighted by Gasteiger charge is -2.10. The minimum Gasteiger partial charge on any atom is -0.383 e. The standard InChI is InChI=1S/C13H9ClN6O2S/c1-23(21,22)13-18-8(4-15)9(12(16)19-13)7-3-2-6-5-17-20-11(6)10(7)14/h2-3,5H,1H3,(H3-,16,17,18,19,20,21,22)/p+1. The van der Waals surface area contributed by atoms with Crippen LogP contribution in [0.3, 0.4) is 0 Å². The number of nitrogens with one attached hydrogen (secondary N) is 1. The van der Waals surface area contributed by atoms with Gasteiger partial charge in [-0.3, -0.25) is 5.10 Å². The molecule has 0 saturated heterocycles. The van der Waals surface area contributed by atoms with Crippen LogP contribution in [0, 0.1) is 11.3 Å². The van der Waals surface area contributed by atoms with Crippen LogP contribution in [0.5, 0.6) is 0 Å². The van der Waals surface area contributed by atoms with Crippen molar-refractivity contribution < 1.29 is 8.76 Å². The zero-order chi connectivity index (χ0) is 16.8. The summed E-state index contributed by atoms with van der Waals surface area (Å²) >= 11 is 6.35. The first-order valence-corrected chi connectivity index (χ1v) is 8.54. The van der Waals surface area contributed by atoms with Gasteiger partial charge in [0.25, 0.3) is 10.2 Å². The summed E-state index contributed by atoms with van der Waals surface area (Å²) in [4.78, 5) is 7.69. The number of nitrogens with zero attached hydrogens (tertiary/aromatic N) is 4. The van der Waals surface area contributed by atoms with E-state index in [9.17, 15) is 14.0 Å². The first kappa shape index (κ1) is 15.4. The lowest BCUT2D eigenvalue weighted by atomic mass is 10.0. The average Bonchev–Trinajstić information content (AvgIpc) is 2.96. The van der Waals surface area contributed by atoms with Gasteiger partial charge in [-0.1, -0.05) is 27.9 Å². The third-order valence-corrected chi connectivity index (χ3v) is 4.44. The summed E-state index contributed by atoms with van der Waals surface area (Å²) < 4.78 is 21.3. The smallest absolute Gasteiger partial charge is 0.383 e. The van der Waals surface area contributed by atoms with Gasteiger partial charge in [-0.25, -0.2) is 0 Å². The van der Waals surface area contributed by atoms with E-state index in [-0.39, 0.29) is 17.1 Å². The van der Waals surface area contributed by atoms with Crippen LogP contribution in [0.1, 0.15) is 5.69 Å². The van der Waals surface area contributed by atoms with E-state index in [1.807, 2.05) is 6.07 Å². The van der Waals surface area contributed by atoms with Crippen molar-refractivity contribution in [1.29, 1.82) is 5.26 Å². The molecule has 0 spiro atoms. The number of hydrogen-bond acceptors (Lipinski definition) is 6. The number of aromatic nitrogens is 4. The van der Waals surface area contributed by atoms with Gasteiger partial charge in [-0.05, 0) is 0 Å². The molecule has 0 aliphatic carbocycles. The van der Waals surface area contributed by atoms with Gasteiger partial charge in [0.05, 0.1) is 22.3 Å². The molecule has 2 aromatic heterocycles. The molecule has 0 fully saturated rings. The van der Waals surface area contributed by atoms with E-state index in [0.29, 0.717) is 16.1 Å². The number of benzene rings is 1. The Hall–Kier alpha value is -2.54. The second kappa shape index (κ2) is 5.27. The lowest BCUT2D eigenvalue weighted by Crippen LogP contribution is -2.14. The maximum absolute atomic E-state index is 11.7. The Kier molecular flexibility index (Phi) is 3.52. The molecule has 23 heavy (non-hydrogen) atoms. The fourth-order valence-electron chi connectivity index (χ4n) is 2.14. The second-order valence-electron chi connectivity index (χ2n) is 4.79. The van der Waals surface area contributed by atoms with Crippen LogP contribution in [0.4, 0.5) is 5.82 Å². The van der Waals surface area contributed by atoms with E-state index < -0.39 is 15.4 Å². The number of rotatable bonds is 2. The van der Waals surface area contributed by atoms with Crippen molar-refractivity contribution in [3.63, 3.8) is 0 Å². The van der Waals surface area contributed by atoms with Gasteiger partial charge in [0.2, 0.25) is 0 Å². The Morgan fingerprint density at radius 1 is 1.43 bits per heavy atom. The van der Waals surface area contributed by atoms with Gasteiger partial charge < -0.3 is 5.73 Å². The molecule has 0 aliphatic rings. The zero-order valence-electron chi connectivity index (χ0n) is 11.7. The molecule has 1 aromatic carbocycles. The Balaban J connectivity index is 2.33. The number of fused-ring (bicyclic) bond motifs is 1. The van der Waals surface area contributed by atoms with E-state index in [1.54, 1.807) is 18.3 Å². The van der Waals surface area contributed by atoms with E-state index in [2.05, 4.69) is 20.2 Å². The number of nitrogens with two attached hydrogens (primary N) is 1. The molecule has 4 N–H and O–H groups in total. The second-order valence-corrected chi connectivity index (χ2v) is 7.14. The predicted molar refractivity (Wildman–Crippen MR) is 86.1 cm³/mol. The minimum atomic E-state index is -3.45. The highest BCUT2D eigenvalue weighted by atomic mass is 35.5. The topological polar surface area (TPSA) is 142 Å². The molecule has 0 amide bonds. The Morgan fingerprint density at radius 2 is 2.17 bits per heavy atom. The van der Waals surface area contributed by atoms with Crippen LogP contribution < -0.4 is 5.73 Å². The molecule has 0 aliphatic heterocycles. The molecule has 1 atom stereocenters. The van der Waals surface area contributed by atoms with E-state index in [0.717, 1.165) is 11.6 Å². The van der Waals surface area contributed by atoms with Crippen molar-refractivity contribution in [1.82, 2.24) is 20.2 Å². The quantitative estimate of drug-likeness (QED) is 0.475. The van der Waals surface area contributed by atoms with E-state index in [4.69, 9.17) is 17.3 Å². The summed E-state index contributed by atoms with van der Waals surface area (Å²) in [5, 5.41) is 16.7. The molecular weight excluding hydrogens is 340 g/mol. The Labute approximate surface area is 136 Å². The van der Waals surface area contributed by atoms with Crippen LogP contribution in [0.15, 0.2) is 23.5 Å². The van der Waals surface area contributed by atoms with Crippen molar-refractivity contribution in [2.75, 3.05) is 12.0 Å². The number of anilines is 1. The lowest BCUT2D eigenvalue weighted by molar-refractivity contribution is 0.495. The van der Waals surface area contributed by atoms with Crippen LogP contribution >= 0.6 is 11.6 Å². The monoisotopic (exact) mass is 349 g/mol. The number of nitrogen functional groups attached to an aromatic ring is 1. The molecule has 0 bridgehead atoms. The average molecular weight is 350 g/mol. The van der Waals surface area contributed by atoms with Crippen molar-refractivity contribution in [3.05, 3.63) is 29.0 Å². The third kappa shape index (κ3) is 2.53. The summed E-state index contributed by atoms with van der Waals surface area (Å²) in [5.41, 5.74) is 6.99. The molecule has 3 aromatic rings. The fourth-order valence-corrected chi connectivity index (χ4v) is 2.98. The molecule has 1 unspecified atom stereocenters. The summed E-state index contributed by atoms with van der Waals surface area (Å²) in [6.45, 7) is 0. The summed E-state index contributed by atoms with van der Waals surface area (Å²) in [5.74, 6) is -0.101. The number of nitriles is 1. The van der Waals surface area contributed by atoms with Gasteiger partial charge in [0, 0.05) is 10.9 Å². The highest BCUT2D eigenvalue weighted by Crippen LogP contribution is 2.37. The third-order valence-electron chi connectivity index (χ3n) is 3.18. The van der Waals surface area contributed by atoms with Crippen LogP contribution in [0.2, 0.25) is 5.02 Å². The van der Waals surface area contributed by atoms with Gasteiger partial charge >= 0.3 is 5.16 Å². The molecule has 0 radical (unpaired) electrons. The number of H-pyrrole nitrogens is 1. The molecular formula is C13H10ClN6O2S+. The van der Waals surface area contributed by atoms with Crippen molar-refractivity contribution >= 4 is 38.5 Å². The van der Waals surface area contributed by atoms with Gasteiger partial charge in [0.15, 0.2) is 5.69 Å². The molecule has 2 heterocycles. The summed E-state index contributed by atoms with van der Waals surface area (Å²) in [6.07, 6.45) is 2.66. The minimum absolute atomic E-state index is 0.101. The summed E-state index contributed by atoms with van der Waals surface area (Å²) in [6, 6.07) is 5.28. The number of halogens is 1. The first-order valence-electron chi connectivity index (χ1n) is 6.24. The molecule has 8 nitrogen and oxygen atoms in total. The molecule has 0 saturated carbocycles. The molecule has 116 valence electrons. The highest BCUT2D eigenvalue weighted by molar-refractivity contribution is 7.96. The van der Waals surface area contributed by atoms with E-state index in [1.165, 1.54) is 0 Å². The number of hydrogen-bond donors (Lipinski definition) is 3. The zero-order valence-corrected chi connectivity index (χ0v) is 13.3. The SMILES string of the molecule is C[S+](=O)(O)c1nc(N)c(-c2ccc3cn[nH]c3c2Cl)c(C#N)n1. The summed E-state index contributed by atoms with van der Waals surface area (Å²) in [7, 11) is -3.45. The predicted octanol–water partition coefficient (Wildman–Crippen LogP) is 2.09. The highest BCUT2D eigenvalue weighted by Gasteiger charge is 2.30. The van der Waals surface area contributed by atoms with Gasteiger partial charge in [0.1, 0.15) is 18.1 Å². The van der Waals surface area contributed by atoms with Crippen LogP contribution in [-0.4, -0.2) is 31.0 Å².